The van der Waals surface area contributed by atoms with E-state index in [1.165, 1.54) is 0 Å². The minimum absolute atomic E-state index is 0.244. The fourth-order valence-electron chi connectivity index (χ4n) is 1.48. The van der Waals surface area contributed by atoms with E-state index in [9.17, 15) is 0 Å². The second-order valence-corrected chi connectivity index (χ2v) is 6.34. The molecule has 1 aromatic rings. The highest BCUT2D eigenvalue weighted by molar-refractivity contribution is 5.54. The van der Waals surface area contributed by atoms with Crippen LogP contribution in [0.15, 0.2) is 24.8 Å². The maximum Gasteiger partial charge on any atom is 0.162 e. The van der Waals surface area contributed by atoms with Crippen LogP contribution in [0.4, 0.5) is 0 Å². The largest absolute Gasteiger partial charge is 0.484 e. The zero-order valence-electron chi connectivity index (χ0n) is 12.3. The summed E-state index contributed by atoms with van der Waals surface area (Å²) in [6.07, 6.45) is 1.80. The third kappa shape index (κ3) is 4.82. The molecule has 0 radical (unpaired) electrons. The average Bonchev–Trinajstić information content (AvgIpc) is 2.16. The monoisotopic (exact) mass is 248 g/mol. The van der Waals surface area contributed by atoms with Crippen molar-refractivity contribution in [2.24, 2.45) is 0 Å². The van der Waals surface area contributed by atoms with Gasteiger partial charge in [-0.15, -0.1) is 0 Å². The molecule has 0 saturated heterocycles. The van der Waals surface area contributed by atoms with Crippen LogP contribution in [0.2, 0.25) is 0 Å². The molecule has 0 fully saturated rings. The molecule has 0 bridgehead atoms. The summed E-state index contributed by atoms with van der Waals surface area (Å²) in [5.41, 5.74) is 0.525. The first kappa shape index (κ1) is 14.6. The van der Waals surface area contributed by atoms with Gasteiger partial charge < -0.3 is 9.47 Å². The van der Waals surface area contributed by atoms with Gasteiger partial charge in [-0.05, 0) is 59.2 Å². The van der Waals surface area contributed by atoms with Crippen molar-refractivity contribution in [2.45, 2.75) is 52.7 Å². The Labute approximate surface area is 111 Å². The van der Waals surface area contributed by atoms with Crippen molar-refractivity contribution < 1.29 is 9.47 Å². The number of benzene rings is 1. The highest BCUT2D eigenvalue weighted by Gasteiger charge is 2.19. The van der Waals surface area contributed by atoms with Crippen LogP contribution in [0, 0.1) is 0 Å². The van der Waals surface area contributed by atoms with E-state index in [4.69, 9.17) is 9.47 Å². The highest BCUT2D eigenvalue weighted by Crippen LogP contribution is 2.34. The predicted octanol–water partition coefficient (Wildman–Crippen LogP) is 4.68. The molecule has 1 aromatic carbocycles. The van der Waals surface area contributed by atoms with E-state index in [0.717, 1.165) is 17.1 Å². The summed E-state index contributed by atoms with van der Waals surface area (Å²) in [6, 6.07) is 5.87. The Balaban J connectivity index is 3.12. The lowest BCUT2D eigenvalue weighted by molar-refractivity contribution is 0.0957. The van der Waals surface area contributed by atoms with Crippen molar-refractivity contribution >= 4 is 6.08 Å². The van der Waals surface area contributed by atoms with E-state index >= 15 is 0 Å². The third-order valence-corrected chi connectivity index (χ3v) is 2.04. The summed E-state index contributed by atoms with van der Waals surface area (Å²) >= 11 is 0. The number of ether oxygens (including phenoxy) is 2. The van der Waals surface area contributed by atoms with Gasteiger partial charge in [0.2, 0.25) is 0 Å². The van der Waals surface area contributed by atoms with Crippen LogP contribution in [-0.4, -0.2) is 11.2 Å². The minimum atomic E-state index is -0.254. The molecular formula is C16H24O2. The molecule has 0 saturated carbocycles. The standard InChI is InChI=1S/C16H24O2/c1-8-12-9-10-13(17-15(2,3)4)14(11-12)18-16(5,6)7/h8-11H,1H2,2-7H3. The molecule has 2 nitrogen and oxygen atoms in total. The first-order valence-electron chi connectivity index (χ1n) is 6.25. The second-order valence-electron chi connectivity index (χ2n) is 6.34. The van der Waals surface area contributed by atoms with Crippen molar-refractivity contribution in [3.63, 3.8) is 0 Å². The first-order chi connectivity index (χ1) is 8.11. The van der Waals surface area contributed by atoms with Crippen LogP contribution in [0.25, 0.3) is 6.08 Å². The molecule has 0 aromatic heterocycles. The van der Waals surface area contributed by atoms with Gasteiger partial charge in [0.1, 0.15) is 11.2 Å². The van der Waals surface area contributed by atoms with Crippen LogP contribution in [0.5, 0.6) is 11.5 Å². The van der Waals surface area contributed by atoms with Gasteiger partial charge in [-0.25, -0.2) is 0 Å². The number of hydrogen-bond donors (Lipinski definition) is 0. The van der Waals surface area contributed by atoms with Gasteiger partial charge in [-0.1, -0.05) is 18.7 Å². The average molecular weight is 248 g/mol. The van der Waals surface area contributed by atoms with E-state index in [-0.39, 0.29) is 11.2 Å². The van der Waals surface area contributed by atoms with Crippen molar-refractivity contribution in [1.29, 1.82) is 0 Å². The molecule has 0 atom stereocenters. The van der Waals surface area contributed by atoms with Crippen LogP contribution >= 0.6 is 0 Å². The van der Waals surface area contributed by atoms with Gasteiger partial charge in [-0.2, -0.15) is 0 Å². The van der Waals surface area contributed by atoms with Crippen molar-refractivity contribution in [2.75, 3.05) is 0 Å². The smallest absolute Gasteiger partial charge is 0.162 e. The molecule has 0 amide bonds. The van der Waals surface area contributed by atoms with Crippen LogP contribution in [0.3, 0.4) is 0 Å². The Morgan fingerprint density at radius 3 is 1.83 bits per heavy atom. The Bertz CT molecular complexity index is 420. The minimum Gasteiger partial charge on any atom is -0.484 e. The van der Waals surface area contributed by atoms with Gasteiger partial charge in [0, 0.05) is 0 Å². The molecule has 2 heteroatoms. The second kappa shape index (κ2) is 5.05. The van der Waals surface area contributed by atoms with Gasteiger partial charge in [0.15, 0.2) is 11.5 Å². The fraction of sp³-hybridized carbons (Fsp3) is 0.500. The lowest BCUT2D eigenvalue weighted by Gasteiger charge is -2.27. The first-order valence-corrected chi connectivity index (χ1v) is 6.25. The summed E-state index contributed by atoms with van der Waals surface area (Å²) in [7, 11) is 0. The lowest BCUT2D eigenvalue weighted by Crippen LogP contribution is -2.26. The Kier molecular flexibility index (Phi) is 4.10. The summed E-state index contributed by atoms with van der Waals surface area (Å²) < 4.78 is 11.9. The zero-order valence-corrected chi connectivity index (χ0v) is 12.3. The Hall–Kier alpha value is -1.44. The molecule has 0 unspecified atom stereocenters. The fourth-order valence-corrected chi connectivity index (χ4v) is 1.48. The van der Waals surface area contributed by atoms with Gasteiger partial charge in [-0.3, -0.25) is 0 Å². The summed E-state index contributed by atoms with van der Waals surface area (Å²) in [4.78, 5) is 0. The SMILES string of the molecule is C=Cc1ccc(OC(C)(C)C)c(OC(C)(C)C)c1. The van der Waals surface area contributed by atoms with E-state index in [0.29, 0.717) is 0 Å². The van der Waals surface area contributed by atoms with E-state index in [1.54, 1.807) is 6.08 Å². The molecule has 0 N–H and O–H groups in total. The molecule has 0 spiro atoms. The van der Waals surface area contributed by atoms with Crippen LogP contribution < -0.4 is 9.47 Å². The van der Waals surface area contributed by atoms with E-state index in [2.05, 4.69) is 6.58 Å². The number of hydrogen-bond acceptors (Lipinski definition) is 2. The normalized spacial score (nSPS) is 12.1. The number of rotatable bonds is 3. The van der Waals surface area contributed by atoms with Gasteiger partial charge >= 0.3 is 0 Å². The maximum absolute atomic E-state index is 5.95. The highest BCUT2D eigenvalue weighted by atomic mass is 16.5. The topological polar surface area (TPSA) is 18.5 Å². The van der Waals surface area contributed by atoms with Crippen molar-refractivity contribution in [1.82, 2.24) is 0 Å². The molecule has 0 aliphatic heterocycles. The molecule has 0 aliphatic rings. The van der Waals surface area contributed by atoms with E-state index in [1.807, 2.05) is 59.7 Å². The maximum atomic E-state index is 5.95. The molecular weight excluding hydrogens is 224 g/mol. The quantitative estimate of drug-likeness (QED) is 0.773. The Morgan fingerprint density at radius 1 is 0.889 bits per heavy atom. The predicted molar refractivity (Wildman–Crippen MR) is 77.3 cm³/mol. The molecule has 0 aliphatic carbocycles. The molecule has 1 rings (SSSR count). The van der Waals surface area contributed by atoms with E-state index < -0.39 is 0 Å². The summed E-state index contributed by atoms with van der Waals surface area (Å²) in [5, 5.41) is 0. The van der Waals surface area contributed by atoms with Crippen molar-refractivity contribution in [3.05, 3.63) is 30.3 Å². The van der Waals surface area contributed by atoms with Gasteiger partial charge in [0.25, 0.3) is 0 Å². The molecule has 100 valence electrons. The van der Waals surface area contributed by atoms with Crippen LogP contribution in [-0.2, 0) is 0 Å². The van der Waals surface area contributed by atoms with Crippen LogP contribution in [0.1, 0.15) is 47.1 Å². The third-order valence-electron chi connectivity index (χ3n) is 2.04. The van der Waals surface area contributed by atoms with Crippen molar-refractivity contribution in [3.8, 4) is 11.5 Å². The zero-order chi connectivity index (χ0) is 14.0. The van der Waals surface area contributed by atoms with Gasteiger partial charge in [0.05, 0.1) is 0 Å². The molecule has 0 heterocycles. The summed E-state index contributed by atoms with van der Waals surface area (Å²) in [5.74, 6) is 1.53. The summed E-state index contributed by atoms with van der Waals surface area (Å²) in [6.45, 7) is 15.9. The Morgan fingerprint density at radius 2 is 1.39 bits per heavy atom. The lowest BCUT2D eigenvalue weighted by atomic mass is 10.1. The molecule has 18 heavy (non-hydrogen) atoms.